The summed E-state index contributed by atoms with van der Waals surface area (Å²) in [6, 6.07) is 4.34. The van der Waals surface area contributed by atoms with Crippen LogP contribution in [0.3, 0.4) is 0 Å². The lowest BCUT2D eigenvalue weighted by Gasteiger charge is -2.24. The van der Waals surface area contributed by atoms with Crippen molar-refractivity contribution in [1.29, 1.82) is 0 Å². The number of aromatic nitrogens is 1. The van der Waals surface area contributed by atoms with Gasteiger partial charge in [-0.15, -0.1) is 0 Å². The van der Waals surface area contributed by atoms with E-state index in [1.165, 1.54) is 30.7 Å². The Balaban J connectivity index is 2.24. The smallest absolute Gasteiger partial charge is 0.381 e. The van der Waals surface area contributed by atoms with E-state index in [1.54, 1.807) is 6.07 Å². The van der Waals surface area contributed by atoms with E-state index in [4.69, 9.17) is 4.74 Å². The number of fused-ring (bicyclic) bond motifs is 1. The average Bonchev–Trinajstić information content (AvgIpc) is 2.60. The molecule has 2 heterocycles. The van der Waals surface area contributed by atoms with E-state index >= 15 is 0 Å². The summed E-state index contributed by atoms with van der Waals surface area (Å²) >= 11 is 0. The van der Waals surface area contributed by atoms with Crippen LogP contribution >= 0.6 is 0 Å². The van der Waals surface area contributed by atoms with Crippen LogP contribution in [0.25, 0.3) is 10.9 Å². The van der Waals surface area contributed by atoms with Gasteiger partial charge < -0.3 is 13.5 Å². The number of pyridine rings is 1. The zero-order valence-corrected chi connectivity index (χ0v) is 15.5. The van der Waals surface area contributed by atoms with Gasteiger partial charge in [-0.3, -0.25) is 4.79 Å². The Morgan fingerprint density at radius 2 is 1.81 bits per heavy atom. The fourth-order valence-electron chi connectivity index (χ4n) is 3.21. The summed E-state index contributed by atoms with van der Waals surface area (Å²) in [5, 5.41) is 0.123. The standard InChI is InChI=1S/C17H18F3NO5S/c1-10-7-13-14(21(2)16(10)22)8-12(11-3-5-25-6-4-11)9-15(13)26-27(23,24)17(18,19)20/h7-9,11H,3-6H2,1-2H3. The Kier molecular flexibility index (Phi) is 4.98. The molecule has 0 atom stereocenters. The van der Waals surface area contributed by atoms with Crippen molar-refractivity contribution in [3.8, 4) is 5.75 Å². The lowest BCUT2D eigenvalue weighted by atomic mass is 9.90. The third-order valence-electron chi connectivity index (χ3n) is 4.68. The van der Waals surface area contributed by atoms with Gasteiger partial charge >= 0.3 is 15.6 Å². The molecule has 0 N–H and O–H groups in total. The second-order valence-corrected chi connectivity index (χ2v) is 8.05. The van der Waals surface area contributed by atoms with E-state index in [0.29, 0.717) is 37.1 Å². The Hall–Kier alpha value is -2.07. The van der Waals surface area contributed by atoms with E-state index in [-0.39, 0.29) is 22.4 Å². The summed E-state index contributed by atoms with van der Waals surface area (Å²) in [7, 11) is -4.36. The van der Waals surface area contributed by atoms with Gasteiger partial charge in [-0.25, -0.2) is 0 Å². The first kappa shape index (κ1) is 19.7. The molecule has 148 valence electrons. The van der Waals surface area contributed by atoms with Gasteiger partial charge in [0.25, 0.3) is 5.56 Å². The van der Waals surface area contributed by atoms with Crippen LogP contribution < -0.4 is 9.74 Å². The highest BCUT2D eigenvalue weighted by molar-refractivity contribution is 7.88. The Labute approximate surface area is 153 Å². The molecule has 0 radical (unpaired) electrons. The summed E-state index contributed by atoms with van der Waals surface area (Å²) in [5.41, 5.74) is -4.70. The first-order valence-electron chi connectivity index (χ1n) is 8.24. The fourth-order valence-corrected chi connectivity index (χ4v) is 3.68. The molecule has 0 aliphatic carbocycles. The first-order chi connectivity index (χ1) is 12.5. The fraction of sp³-hybridized carbons (Fsp3) is 0.471. The number of rotatable bonds is 3. The molecule has 27 heavy (non-hydrogen) atoms. The number of hydrogen-bond donors (Lipinski definition) is 0. The summed E-state index contributed by atoms with van der Waals surface area (Å²) in [6.07, 6.45) is 1.27. The SMILES string of the molecule is Cc1cc2c(OS(=O)(=O)C(F)(F)F)cc(C3CCOCC3)cc2n(C)c1=O. The molecule has 1 aliphatic heterocycles. The molecule has 1 aromatic heterocycles. The zero-order chi connectivity index (χ0) is 20.0. The lowest BCUT2D eigenvalue weighted by molar-refractivity contribution is -0.0499. The Bertz CT molecular complexity index is 1040. The second kappa shape index (κ2) is 6.83. The maximum absolute atomic E-state index is 12.8. The molecule has 1 fully saturated rings. The van der Waals surface area contributed by atoms with Crippen molar-refractivity contribution < 1.29 is 30.5 Å². The maximum atomic E-state index is 12.8. The van der Waals surface area contributed by atoms with Crippen LogP contribution in [0.2, 0.25) is 0 Å². The van der Waals surface area contributed by atoms with Crippen molar-refractivity contribution in [1.82, 2.24) is 4.57 Å². The van der Waals surface area contributed by atoms with Gasteiger partial charge in [0.15, 0.2) is 5.75 Å². The molecule has 1 saturated heterocycles. The molecule has 6 nitrogen and oxygen atoms in total. The summed E-state index contributed by atoms with van der Waals surface area (Å²) in [5.74, 6) is -0.472. The molecular formula is C17H18F3NO5S. The molecule has 1 aromatic carbocycles. The highest BCUT2D eigenvalue weighted by Crippen LogP contribution is 2.37. The van der Waals surface area contributed by atoms with Gasteiger partial charge in [0, 0.05) is 31.2 Å². The second-order valence-electron chi connectivity index (χ2n) is 6.51. The quantitative estimate of drug-likeness (QED) is 0.580. The van der Waals surface area contributed by atoms with E-state index in [1.807, 2.05) is 0 Å². The van der Waals surface area contributed by atoms with Crippen molar-refractivity contribution in [3.63, 3.8) is 0 Å². The van der Waals surface area contributed by atoms with Crippen LogP contribution in [-0.2, 0) is 21.9 Å². The predicted molar refractivity (Wildman–Crippen MR) is 92.3 cm³/mol. The number of hydrogen-bond acceptors (Lipinski definition) is 5. The number of aryl methyl sites for hydroxylation is 2. The highest BCUT2D eigenvalue weighted by Gasteiger charge is 2.48. The molecule has 10 heteroatoms. The van der Waals surface area contributed by atoms with Gasteiger partial charge in [-0.2, -0.15) is 21.6 Å². The number of nitrogens with zero attached hydrogens (tertiary/aromatic N) is 1. The molecule has 0 saturated carbocycles. The van der Waals surface area contributed by atoms with Crippen LogP contribution in [0.4, 0.5) is 13.2 Å². The molecule has 0 unspecified atom stereocenters. The summed E-state index contributed by atoms with van der Waals surface area (Å²) in [6.45, 7) is 2.48. The number of alkyl halides is 3. The largest absolute Gasteiger partial charge is 0.534 e. The number of halogens is 3. The predicted octanol–water partition coefficient (Wildman–Crippen LogP) is 2.97. The van der Waals surface area contributed by atoms with Crippen LogP contribution in [0.15, 0.2) is 23.0 Å². The third-order valence-corrected chi connectivity index (χ3v) is 5.65. The molecule has 0 amide bonds. The van der Waals surface area contributed by atoms with E-state index < -0.39 is 21.4 Å². The number of ether oxygens (including phenoxy) is 1. The molecule has 0 bridgehead atoms. The first-order valence-corrected chi connectivity index (χ1v) is 9.65. The average molecular weight is 405 g/mol. The van der Waals surface area contributed by atoms with Crippen molar-refractivity contribution in [2.75, 3.05) is 13.2 Å². The van der Waals surface area contributed by atoms with E-state index in [9.17, 15) is 26.4 Å². The van der Waals surface area contributed by atoms with Gasteiger partial charge in [0.1, 0.15) is 0 Å². The van der Waals surface area contributed by atoms with E-state index in [0.717, 1.165) is 0 Å². The molecule has 2 aromatic rings. The zero-order valence-electron chi connectivity index (χ0n) is 14.7. The van der Waals surface area contributed by atoms with Crippen LogP contribution in [0.1, 0.15) is 29.9 Å². The monoisotopic (exact) mass is 405 g/mol. The molecule has 3 rings (SSSR count). The van der Waals surface area contributed by atoms with Gasteiger partial charge in [-0.05, 0) is 49.4 Å². The minimum absolute atomic E-state index is 0.0319. The van der Waals surface area contributed by atoms with Crippen molar-refractivity contribution >= 4 is 21.0 Å². The maximum Gasteiger partial charge on any atom is 0.534 e. The Morgan fingerprint density at radius 1 is 1.19 bits per heavy atom. The van der Waals surface area contributed by atoms with Crippen LogP contribution in [0, 0.1) is 6.92 Å². The van der Waals surface area contributed by atoms with E-state index in [2.05, 4.69) is 4.18 Å². The molecule has 1 aliphatic rings. The third kappa shape index (κ3) is 3.68. The minimum atomic E-state index is -5.84. The van der Waals surface area contributed by atoms with Crippen molar-refractivity contribution in [2.45, 2.75) is 31.2 Å². The van der Waals surface area contributed by atoms with Crippen LogP contribution in [-0.4, -0.2) is 31.7 Å². The number of benzene rings is 1. The van der Waals surface area contributed by atoms with Gasteiger partial charge in [0.05, 0.1) is 5.52 Å². The highest BCUT2D eigenvalue weighted by atomic mass is 32.2. The van der Waals surface area contributed by atoms with Crippen molar-refractivity contribution in [3.05, 3.63) is 39.7 Å². The molecular weight excluding hydrogens is 387 g/mol. The lowest BCUT2D eigenvalue weighted by Crippen LogP contribution is -2.28. The summed E-state index contributed by atoms with van der Waals surface area (Å²) in [4.78, 5) is 12.2. The van der Waals surface area contributed by atoms with Gasteiger partial charge in [-0.1, -0.05) is 0 Å². The topological polar surface area (TPSA) is 74.6 Å². The minimum Gasteiger partial charge on any atom is -0.381 e. The molecule has 0 spiro atoms. The summed E-state index contributed by atoms with van der Waals surface area (Å²) < 4.78 is 72.6. The van der Waals surface area contributed by atoms with Gasteiger partial charge in [0.2, 0.25) is 0 Å². The van der Waals surface area contributed by atoms with Crippen LogP contribution in [0.5, 0.6) is 5.75 Å². The van der Waals surface area contributed by atoms with Crippen molar-refractivity contribution in [2.24, 2.45) is 7.05 Å². The normalized spacial score (nSPS) is 16.6. The Morgan fingerprint density at radius 3 is 2.41 bits per heavy atom.